The Balaban J connectivity index is 2.20. The Bertz CT molecular complexity index is 292. The van der Waals surface area contributed by atoms with E-state index in [1.807, 2.05) is 0 Å². The Hall–Kier alpha value is -0.780. The predicted molar refractivity (Wildman–Crippen MR) is 52.9 cm³/mol. The van der Waals surface area contributed by atoms with E-state index in [2.05, 4.69) is 39.0 Å². The minimum Gasteiger partial charge on any atom is -0.0798 e. The van der Waals surface area contributed by atoms with Crippen molar-refractivity contribution in [2.45, 2.75) is 33.6 Å². The number of hydrogen-bond acceptors (Lipinski definition) is 0. The first kappa shape index (κ1) is 7.85. The van der Waals surface area contributed by atoms with Crippen molar-refractivity contribution in [2.75, 3.05) is 0 Å². The quantitative estimate of drug-likeness (QED) is 0.507. The Labute approximate surface area is 74.7 Å². The van der Waals surface area contributed by atoms with E-state index in [1.165, 1.54) is 6.42 Å². The van der Waals surface area contributed by atoms with E-state index in [0.29, 0.717) is 5.41 Å². The molecule has 0 atom stereocenters. The van der Waals surface area contributed by atoms with Gasteiger partial charge in [0.2, 0.25) is 0 Å². The van der Waals surface area contributed by atoms with Gasteiger partial charge in [-0.2, -0.15) is 0 Å². The normalized spacial score (nSPS) is 21.8. The summed E-state index contributed by atoms with van der Waals surface area (Å²) >= 11 is 0. The van der Waals surface area contributed by atoms with Crippen molar-refractivity contribution in [2.24, 2.45) is 5.41 Å². The van der Waals surface area contributed by atoms with Crippen molar-refractivity contribution in [3.8, 4) is 0 Å². The molecule has 0 saturated heterocycles. The van der Waals surface area contributed by atoms with Crippen LogP contribution >= 0.6 is 0 Å². The second kappa shape index (κ2) is 2.35. The van der Waals surface area contributed by atoms with Gasteiger partial charge in [0, 0.05) is 0 Å². The van der Waals surface area contributed by atoms with E-state index >= 15 is 0 Å². The first-order valence-corrected chi connectivity index (χ1v) is 4.67. The summed E-state index contributed by atoms with van der Waals surface area (Å²) in [5.41, 5.74) is 5.06. The van der Waals surface area contributed by atoms with E-state index in [1.54, 1.807) is 16.7 Å². The molecule has 0 bridgehead atoms. The lowest BCUT2D eigenvalue weighted by atomic mass is 9.85. The van der Waals surface area contributed by atoms with E-state index in [9.17, 15) is 0 Å². The topological polar surface area (TPSA) is 0 Å². The van der Waals surface area contributed by atoms with E-state index in [4.69, 9.17) is 0 Å². The third-order valence-corrected chi connectivity index (χ3v) is 2.76. The molecule has 0 fully saturated rings. The van der Waals surface area contributed by atoms with E-state index < -0.39 is 0 Å². The number of hydrogen-bond donors (Lipinski definition) is 0. The van der Waals surface area contributed by atoms with Gasteiger partial charge < -0.3 is 0 Å². The average molecular weight is 160 g/mol. The molecular formula is C12H16. The van der Waals surface area contributed by atoms with Crippen LogP contribution in [0.15, 0.2) is 34.9 Å². The molecule has 2 rings (SSSR count). The van der Waals surface area contributed by atoms with Crippen molar-refractivity contribution in [1.29, 1.82) is 0 Å². The van der Waals surface area contributed by atoms with Crippen LogP contribution < -0.4 is 0 Å². The molecule has 0 aromatic heterocycles. The van der Waals surface area contributed by atoms with Crippen molar-refractivity contribution in [3.63, 3.8) is 0 Å². The lowest BCUT2D eigenvalue weighted by molar-refractivity contribution is 0.495. The lowest BCUT2D eigenvalue weighted by Gasteiger charge is -2.20. The maximum Gasteiger partial charge on any atom is -0.00559 e. The summed E-state index contributed by atoms with van der Waals surface area (Å²) < 4.78 is 0. The Morgan fingerprint density at radius 3 is 2.50 bits per heavy atom. The van der Waals surface area contributed by atoms with Gasteiger partial charge in [-0.05, 0) is 29.4 Å². The molecule has 0 heteroatoms. The van der Waals surface area contributed by atoms with Gasteiger partial charge in [-0.25, -0.2) is 0 Å². The van der Waals surface area contributed by atoms with Gasteiger partial charge in [0.1, 0.15) is 0 Å². The molecule has 0 amide bonds. The minimum atomic E-state index is 0.359. The van der Waals surface area contributed by atoms with Crippen LogP contribution in [0, 0.1) is 5.41 Å². The highest BCUT2D eigenvalue weighted by atomic mass is 14.3. The molecule has 0 spiro atoms. The van der Waals surface area contributed by atoms with Gasteiger partial charge in [-0.3, -0.25) is 0 Å². The molecule has 0 saturated carbocycles. The van der Waals surface area contributed by atoms with Crippen LogP contribution in [0.4, 0.5) is 0 Å². The highest BCUT2D eigenvalue weighted by molar-refractivity contribution is 5.50. The highest BCUT2D eigenvalue weighted by Gasteiger charge is 2.24. The molecule has 2 aliphatic rings. The summed E-state index contributed by atoms with van der Waals surface area (Å²) in [6, 6.07) is 0. The second-order valence-corrected chi connectivity index (χ2v) is 4.75. The summed E-state index contributed by atoms with van der Waals surface area (Å²) in [5, 5.41) is 0. The van der Waals surface area contributed by atoms with Crippen molar-refractivity contribution >= 4 is 0 Å². The molecule has 0 nitrogen and oxygen atoms in total. The van der Waals surface area contributed by atoms with Crippen LogP contribution in [-0.4, -0.2) is 0 Å². The molecule has 0 aromatic rings. The molecule has 0 aromatic carbocycles. The summed E-state index contributed by atoms with van der Waals surface area (Å²) in [4.78, 5) is 0. The average Bonchev–Trinajstić information content (AvgIpc) is 2.37. The fourth-order valence-corrected chi connectivity index (χ4v) is 1.84. The van der Waals surface area contributed by atoms with Gasteiger partial charge in [0.15, 0.2) is 0 Å². The summed E-state index contributed by atoms with van der Waals surface area (Å²) in [6.45, 7) is 6.89. The number of allylic oxidation sites excluding steroid dienone is 6. The van der Waals surface area contributed by atoms with Crippen LogP contribution in [0.3, 0.4) is 0 Å². The number of rotatable bonds is 0. The molecule has 12 heavy (non-hydrogen) atoms. The molecule has 64 valence electrons. The fraction of sp³-hybridized carbons (Fsp3) is 0.500. The summed E-state index contributed by atoms with van der Waals surface area (Å²) in [6.07, 6.45) is 9.30. The van der Waals surface area contributed by atoms with E-state index in [0.717, 1.165) is 6.42 Å². The fourth-order valence-electron chi connectivity index (χ4n) is 1.84. The Kier molecular flexibility index (Phi) is 1.54. The lowest BCUT2D eigenvalue weighted by Crippen LogP contribution is -2.07. The van der Waals surface area contributed by atoms with Gasteiger partial charge in [-0.15, -0.1) is 0 Å². The first-order valence-electron chi connectivity index (χ1n) is 4.67. The molecule has 0 radical (unpaired) electrons. The third kappa shape index (κ3) is 1.16. The molecule has 2 aliphatic carbocycles. The molecule has 0 heterocycles. The van der Waals surface area contributed by atoms with Crippen LogP contribution in [-0.2, 0) is 0 Å². The zero-order valence-corrected chi connectivity index (χ0v) is 8.15. The minimum absolute atomic E-state index is 0.359. The zero-order chi connectivity index (χ0) is 8.77. The largest absolute Gasteiger partial charge is 0.0798 e. The molecule has 0 aliphatic heterocycles. The highest BCUT2D eigenvalue weighted by Crippen LogP contribution is 2.40. The monoisotopic (exact) mass is 160 g/mol. The third-order valence-electron chi connectivity index (χ3n) is 2.76. The molecule has 0 N–H and O–H groups in total. The smallest absolute Gasteiger partial charge is 0.00559 e. The first-order chi connectivity index (χ1) is 5.57. The van der Waals surface area contributed by atoms with E-state index in [-0.39, 0.29) is 0 Å². The molecule has 0 unspecified atom stereocenters. The van der Waals surface area contributed by atoms with Crippen LogP contribution in [0.25, 0.3) is 0 Å². The van der Waals surface area contributed by atoms with Crippen LogP contribution in [0.1, 0.15) is 33.6 Å². The van der Waals surface area contributed by atoms with Crippen molar-refractivity contribution < 1.29 is 0 Å². The SMILES string of the molecule is CC(C)(C)C1=CC2=C(C=CC2)C1. The van der Waals surface area contributed by atoms with Crippen molar-refractivity contribution in [1.82, 2.24) is 0 Å². The summed E-state index contributed by atoms with van der Waals surface area (Å²) in [7, 11) is 0. The van der Waals surface area contributed by atoms with Gasteiger partial charge in [0.05, 0.1) is 0 Å². The zero-order valence-electron chi connectivity index (χ0n) is 8.15. The second-order valence-electron chi connectivity index (χ2n) is 4.75. The maximum atomic E-state index is 2.40. The Morgan fingerprint density at radius 2 is 1.92 bits per heavy atom. The maximum absolute atomic E-state index is 2.40. The van der Waals surface area contributed by atoms with Crippen LogP contribution in [0.2, 0.25) is 0 Å². The van der Waals surface area contributed by atoms with Gasteiger partial charge in [0.25, 0.3) is 0 Å². The van der Waals surface area contributed by atoms with Gasteiger partial charge in [-0.1, -0.05) is 44.6 Å². The van der Waals surface area contributed by atoms with Crippen LogP contribution in [0.5, 0.6) is 0 Å². The standard InChI is InChI=1S/C12H16/c1-12(2,3)11-7-9-5-4-6-10(9)8-11/h4-5,8H,6-7H2,1-3H3. The summed E-state index contributed by atoms with van der Waals surface area (Å²) in [5.74, 6) is 0. The van der Waals surface area contributed by atoms with Crippen molar-refractivity contribution in [3.05, 3.63) is 34.9 Å². The molecular weight excluding hydrogens is 144 g/mol. The Morgan fingerprint density at radius 1 is 1.17 bits per heavy atom. The predicted octanol–water partition coefficient (Wildman–Crippen LogP) is 3.62. The van der Waals surface area contributed by atoms with Gasteiger partial charge >= 0.3 is 0 Å².